The van der Waals surface area contributed by atoms with Crippen LogP contribution in [0.2, 0.25) is 0 Å². The Morgan fingerprint density at radius 2 is 0.800 bits per heavy atom. The summed E-state index contributed by atoms with van der Waals surface area (Å²) >= 11 is 0. The number of ether oxygens (including phenoxy) is 3. The molecule has 0 radical (unpaired) electrons. The fourth-order valence-electron chi connectivity index (χ4n) is 13.4. The highest BCUT2D eigenvalue weighted by molar-refractivity contribution is 5.91. The number of halogens is 6. The van der Waals surface area contributed by atoms with E-state index in [1.54, 1.807) is 125 Å². The molecule has 12 rings (SSSR count). The van der Waals surface area contributed by atoms with Crippen molar-refractivity contribution in [2.45, 2.75) is 120 Å². The van der Waals surface area contributed by atoms with E-state index in [-0.39, 0.29) is 30.5 Å². The molecule has 24 heteroatoms. The summed E-state index contributed by atoms with van der Waals surface area (Å²) in [6.45, 7) is 5.60. The van der Waals surface area contributed by atoms with Crippen molar-refractivity contribution < 1.29 is 69.9 Å². The molecule has 95 heavy (non-hydrogen) atoms. The van der Waals surface area contributed by atoms with Gasteiger partial charge in [-0.1, -0.05) is 36.4 Å². The van der Waals surface area contributed by atoms with Gasteiger partial charge in [-0.2, -0.15) is 41.6 Å². The van der Waals surface area contributed by atoms with Gasteiger partial charge in [0.15, 0.2) is 11.2 Å². The van der Waals surface area contributed by atoms with E-state index < -0.39 is 73.0 Å². The number of methoxy groups -OCH3 is 3. The average molecular weight is 1310 g/mol. The Morgan fingerprint density at radius 1 is 0.484 bits per heavy atom. The second-order valence-electron chi connectivity index (χ2n) is 24.2. The number of carbonyl (C=O) groups is 4. The number of aryl methyl sites for hydroxylation is 6. The number of aromatic nitrogens is 9. The Balaban J connectivity index is 0.000000156. The van der Waals surface area contributed by atoms with Crippen LogP contribution < -0.4 is 0 Å². The third-order valence-corrected chi connectivity index (χ3v) is 18.3. The lowest BCUT2D eigenvalue weighted by Gasteiger charge is -2.29. The van der Waals surface area contributed by atoms with E-state index in [0.717, 1.165) is 56.0 Å². The first-order valence-electron chi connectivity index (χ1n) is 30.7. The van der Waals surface area contributed by atoms with Crippen molar-refractivity contribution in [2.24, 2.45) is 21.1 Å². The number of rotatable bonds is 9. The second-order valence-corrected chi connectivity index (χ2v) is 24.2. The van der Waals surface area contributed by atoms with E-state index in [2.05, 4.69) is 25.1 Å². The zero-order valence-corrected chi connectivity index (χ0v) is 53.8. The number of hydrogen-bond donors (Lipinski definition) is 2. The van der Waals surface area contributed by atoms with Gasteiger partial charge in [0.05, 0.1) is 55.1 Å². The monoisotopic (exact) mass is 1310 g/mol. The summed E-state index contributed by atoms with van der Waals surface area (Å²) in [6, 6.07) is 32.0. The maximum atomic E-state index is 13.9. The van der Waals surface area contributed by atoms with Crippen LogP contribution in [0, 0.1) is 20.8 Å². The summed E-state index contributed by atoms with van der Waals surface area (Å²) in [5.41, 5.74) is 8.13. The number of nitrogens with zero attached hydrogens (tertiary/aromatic N) is 9. The smallest absolute Gasteiger partial charge is 0.417 e. The van der Waals surface area contributed by atoms with Crippen LogP contribution in [0.25, 0.3) is 34.2 Å². The number of Topliss-reactive ketones (excluding diaryl/α,β-unsaturated/α-hetero) is 1. The zero-order chi connectivity index (χ0) is 68.5. The van der Waals surface area contributed by atoms with Crippen molar-refractivity contribution >= 4 is 23.7 Å². The van der Waals surface area contributed by atoms with Crippen LogP contribution in [0.5, 0.6) is 0 Å². The Hall–Kier alpha value is -9.68. The average Bonchev–Trinajstić information content (AvgIpc) is 1.62. The van der Waals surface area contributed by atoms with E-state index in [1.165, 1.54) is 30.7 Å². The molecule has 0 bridgehead atoms. The number of esters is 3. The van der Waals surface area contributed by atoms with Gasteiger partial charge >= 0.3 is 30.3 Å². The van der Waals surface area contributed by atoms with Gasteiger partial charge in [-0.3, -0.25) is 33.8 Å². The molecule has 496 valence electrons. The fraction of sp³-hybridized carbons (Fsp3) is 0.352. The number of aliphatic hydroxyl groups is 2. The summed E-state index contributed by atoms with van der Waals surface area (Å²) in [6.07, 6.45) is -5.06. The van der Waals surface area contributed by atoms with Crippen molar-refractivity contribution in [1.29, 1.82) is 0 Å². The van der Waals surface area contributed by atoms with Crippen LogP contribution >= 0.6 is 0 Å². The maximum absolute atomic E-state index is 13.9. The molecule has 3 aromatic carbocycles. The van der Waals surface area contributed by atoms with Gasteiger partial charge < -0.3 is 24.4 Å². The lowest BCUT2D eigenvalue weighted by atomic mass is 9.83. The molecular formula is C71H71F6N9O9. The van der Waals surface area contributed by atoms with E-state index in [0.29, 0.717) is 81.2 Å². The van der Waals surface area contributed by atoms with Crippen molar-refractivity contribution in [3.8, 4) is 34.2 Å². The van der Waals surface area contributed by atoms with E-state index in [9.17, 15) is 55.7 Å². The second kappa shape index (κ2) is 27.3. The third-order valence-electron chi connectivity index (χ3n) is 18.3. The third kappa shape index (κ3) is 13.7. The van der Waals surface area contributed by atoms with Gasteiger partial charge in [0.2, 0.25) is 0 Å². The molecule has 3 aliphatic rings. The van der Waals surface area contributed by atoms with Gasteiger partial charge in [-0.15, -0.1) is 0 Å². The van der Waals surface area contributed by atoms with E-state index >= 15 is 0 Å². The van der Waals surface area contributed by atoms with Crippen LogP contribution in [0.4, 0.5) is 26.3 Å². The van der Waals surface area contributed by atoms with Gasteiger partial charge in [0, 0.05) is 117 Å². The Bertz CT molecular complexity index is 4160. The van der Waals surface area contributed by atoms with E-state index in [4.69, 9.17) is 19.3 Å². The molecule has 3 aliphatic carbocycles. The molecule has 6 heterocycles. The van der Waals surface area contributed by atoms with Crippen molar-refractivity contribution in [3.05, 3.63) is 212 Å². The number of ketones is 1. The summed E-state index contributed by atoms with van der Waals surface area (Å²) < 4.78 is 102. The molecule has 9 aromatic rings. The van der Waals surface area contributed by atoms with Crippen LogP contribution in [-0.4, -0.2) is 123 Å². The normalized spacial score (nSPS) is 19.4. The highest BCUT2D eigenvalue weighted by Gasteiger charge is 2.57. The minimum atomic E-state index is -4.79. The Morgan fingerprint density at radius 3 is 1.09 bits per heavy atom. The molecule has 18 nitrogen and oxygen atoms in total. The molecule has 0 fully saturated rings. The molecule has 5 atom stereocenters. The molecule has 0 spiro atoms. The minimum absolute atomic E-state index is 0.00820. The lowest BCUT2D eigenvalue weighted by molar-refractivity contribution is -0.262. The quantitative estimate of drug-likeness (QED) is 0.0593. The van der Waals surface area contributed by atoms with Gasteiger partial charge in [-0.05, 0) is 159 Å². The largest absolute Gasteiger partial charge is 0.465 e. The lowest BCUT2D eigenvalue weighted by Crippen LogP contribution is -2.47. The summed E-state index contributed by atoms with van der Waals surface area (Å²) in [5, 5.41) is 35.1. The number of fused-ring (bicyclic) bond motifs is 3. The van der Waals surface area contributed by atoms with Gasteiger partial charge in [-0.25, -0.2) is 14.4 Å². The highest BCUT2D eigenvalue weighted by Crippen LogP contribution is 2.50. The Kier molecular flexibility index (Phi) is 19.6. The predicted molar refractivity (Wildman–Crippen MR) is 338 cm³/mol. The predicted octanol–water partition coefficient (Wildman–Crippen LogP) is 12.3. The fourth-order valence-corrected chi connectivity index (χ4v) is 13.4. The number of alkyl halides is 6. The van der Waals surface area contributed by atoms with Crippen molar-refractivity contribution in [2.75, 3.05) is 21.3 Å². The zero-order valence-electron chi connectivity index (χ0n) is 53.8. The molecule has 0 saturated carbocycles. The van der Waals surface area contributed by atoms with Crippen molar-refractivity contribution in [1.82, 2.24) is 44.3 Å². The summed E-state index contributed by atoms with van der Waals surface area (Å²) in [4.78, 5) is 61.5. The topological polar surface area (TPSA) is 229 Å². The number of pyridine rings is 3. The van der Waals surface area contributed by atoms with Crippen LogP contribution in [0.3, 0.4) is 0 Å². The van der Waals surface area contributed by atoms with Crippen LogP contribution in [-0.2, 0) is 59.4 Å². The minimum Gasteiger partial charge on any atom is -0.465 e. The number of hydrogen-bond acceptors (Lipinski definition) is 15. The van der Waals surface area contributed by atoms with Gasteiger partial charge in [0.25, 0.3) is 0 Å². The standard InChI is InChI=1S/2C24H24F3N3O3.C23H23N3O3/c2*1-14-12-15(22(31)33-3)7-8-16(14)17-9-10-23(32,24(25,26)27)13-19-20(17)21(29-30(19)2)18-6-4-5-11-28-18;1-14-12-15(23(28)29-3)7-9-17(14)18-10-8-16(27)13-20-21(18)22(25-26(20)2)19-6-4-5-11-24-19/h2*4-8,11-12,17,32H,9-10,13H2,1-3H3;4-7,9,11-12,18H,8,10,13H2,1-3H3/t17-,23+;17-,23-;/m10./s1. The van der Waals surface area contributed by atoms with Gasteiger partial charge in [0.1, 0.15) is 22.9 Å². The first-order chi connectivity index (χ1) is 45.1. The molecule has 0 amide bonds. The first-order valence-corrected chi connectivity index (χ1v) is 30.7. The molecule has 6 aromatic heterocycles. The molecular weight excluding hydrogens is 1240 g/mol. The highest BCUT2D eigenvalue weighted by atomic mass is 19.4. The summed E-state index contributed by atoms with van der Waals surface area (Å²) in [5.74, 6) is -2.07. The van der Waals surface area contributed by atoms with Crippen LogP contribution in [0.15, 0.2) is 128 Å². The number of benzene rings is 3. The SMILES string of the molecule is COC(=O)c1ccc(C2CCC(=O)Cc3c2c(-c2ccccn2)nn3C)c(C)c1.COC(=O)c1ccc([C@@H]2CC[C@@](O)(C(F)(F)F)Cc3c2c(-c2ccccn2)nn3C)c(C)c1.COC(=O)c1ccc([C@H]2CC[C@@](O)(C(F)(F)F)Cc3c2c(-c2ccccn2)nn3C)c(C)c1. The molecule has 1 unspecified atom stereocenters. The van der Waals surface area contributed by atoms with E-state index in [1.807, 2.05) is 49.0 Å². The molecule has 2 N–H and O–H groups in total. The van der Waals surface area contributed by atoms with Crippen LogP contribution in [0.1, 0.15) is 155 Å². The summed E-state index contributed by atoms with van der Waals surface area (Å²) in [7, 11) is 9.00. The molecule has 0 aliphatic heterocycles. The number of carbonyl (C=O) groups excluding carboxylic acids is 4. The molecule has 0 saturated heterocycles. The Labute approximate surface area is 544 Å². The first kappa shape index (κ1) is 68.2. The maximum Gasteiger partial charge on any atom is 0.417 e. The van der Waals surface area contributed by atoms with Crippen molar-refractivity contribution in [3.63, 3.8) is 0 Å².